The average molecular weight is 413 g/mol. The predicted octanol–water partition coefficient (Wildman–Crippen LogP) is 4.25. The predicted molar refractivity (Wildman–Crippen MR) is 113 cm³/mol. The number of ether oxygens (including phenoxy) is 1. The monoisotopic (exact) mass is 412 g/mol. The number of amides is 1. The zero-order valence-electron chi connectivity index (χ0n) is 16.5. The lowest BCUT2D eigenvalue weighted by Gasteiger charge is -2.36. The summed E-state index contributed by atoms with van der Waals surface area (Å²) in [6, 6.07) is 11.8. The fourth-order valence-electron chi connectivity index (χ4n) is 5.11. The molecule has 1 amide bonds. The molecule has 2 bridgehead atoms. The summed E-state index contributed by atoms with van der Waals surface area (Å²) in [6.45, 7) is 0.560. The molecule has 1 N–H and O–H groups in total. The van der Waals surface area contributed by atoms with Crippen LogP contribution in [0.3, 0.4) is 0 Å². The number of aromatic hydroxyl groups is 1. The Morgan fingerprint density at radius 2 is 1.86 bits per heavy atom. The van der Waals surface area contributed by atoms with E-state index in [1.165, 1.54) is 12.8 Å². The highest BCUT2D eigenvalue weighted by atomic mass is 35.5. The number of nitrogens with zero attached hydrogens (tertiary/aromatic N) is 2. The second kappa shape index (κ2) is 7.22. The van der Waals surface area contributed by atoms with Crippen molar-refractivity contribution in [3.05, 3.63) is 52.5 Å². The molecule has 6 heteroatoms. The molecule has 29 heavy (non-hydrogen) atoms. The van der Waals surface area contributed by atoms with Crippen LogP contribution in [0.4, 0.5) is 5.69 Å². The standard InChI is InChI=1S/C23H25ClN2O3/c1-25-15-2-3-16(25)12-19(11-15)29-22-7-4-17(13-21(22)24)26-9-8-14-10-18(27)5-6-20(14)23(26)28/h4-7,10,13,15-16,19,27H,2-3,8-9,11-12H2,1H3/t15-,16+,19?. The van der Waals surface area contributed by atoms with Crippen molar-refractivity contribution in [3.63, 3.8) is 0 Å². The van der Waals surface area contributed by atoms with Gasteiger partial charge in [-0.05, 0) is 81.1 Å². The van der Waals surface area contributed by atoms with Crippen molar-refractivity contribution < 1.29 is 14.6 Å². The van der Waals surface area contributed by atoms with Crippen molar-refractivity contribution in [2.45, 2.75) is 50.3 Å². The van der Waals surface area contributed by atoms with Crippen molar-refractivity contribution in [1.29, 1.82) is 0 Å². The van der Waals surface area contributed by atoms with E-state index in [9.17, 15) is 9.90 Å². The van der Waals surface area contributed by atoms with Gasteiger partial charge in [0, 0.05) is 29.9 Å². The number of fused-ring (bicyclic) bond motifs is 3. The maximum atomic E-state index is 12.9. The topological polar surface area (TPSA) is 53.0 Å². The van der Waals surface area contributed by atoms with Crippen LogP contribution in [0.15, 0.2) is 36.4 Å². The van der Waals surface area contributed by atoms with Gasteiger partial charge >= 0.3 is 0 Å². The van der Waals surface area contributed by atoms with E-state index in [0.29, 0.717) is 41.4 Å². The number of phenolic OH excluding ortho intramolecular Hbond substituents is 1. The second-order valence-corrected chi connectivity index (χ2v) is 8.83. The minimum atomic E-state index is -0.0668. The van der Waals surface area contributed by atoms with Crippen LogP contribution in [0, 0.1) is 0 Å². The van der Waals surface area contributed by atoms with E-state index in [-0.39, 0.29) is 17.8 Å². The lowest BCUT2D eigenvalue weighted by Crippen LogP contribution is -2.43. The Morgan fingerprint density at radius 1 is 1.10 bits per heavy atom. The minimum Gasteiger partial charge on any atom is -0.508 e. The maximum Gasteiger partial charge on any atom is 0.258 e. The van der Waals surface area contributed by atoms with Crippen molar-refractivity contribution in [2.24, 2.45) is 0 Å². The number of carbonyl (C=O) groups is 1. The molecule has 0 aromatic heterocycles. The number of piperidine rings is 1. The van der Waals surface area contributed by atoms with Gasteiger partial charge in [-0.1, -0.05) is 11.6 Å². The molecule has 0 aliphatic carbocycles. The molecule has 2 fully saturated rings. The summed E-state index contributed by atoms with van der Waals surface area (Å²) >= 11 is 6.55. The van der Waals surface area contributed by atoms with E-state index in [4.69, 9.17) is 16.3 Å². The zero-order chi connectivity index (χ0) is 20.1. The van der Waals surface area contributed by atoms with E-state index in [1.54, 1.807) is 23.1 Å². The van der Waals surface area contributed by atoms with Crippen molar-refractivity contribution >= 4 is 23.2 Å². The van der Waals surface area contributed by atoms with Crippen LogP contribution < -0.4 is 9.64 Å². The van der Waals surface area contributed by atoms with Crippen LogP contribution in [-0.4, -0.2) is 47.7 Å². The summed E-state index contributed by atoms with van der Waals surface area (Å²) in [5.41, 5.74) is 2.29. The molecule has 5 nitrogen and oxygen atoms in total. The minimum absolute atomic E-state index is 0.0668. The van der Waals surface area contributed by atoms with Gasteiger partial charge in [0.25, 0.3) is 5.91 Å². The van der Waals surface area contributed by atoms with Gasteiger partial charge < -0.3 is 19.6 Å². The number of hydrogen-bond acceptors (Lipinski definition) is 4. The molecular weight excluding hydrogens is 388 g/mol. The molecule has 0 saturated carbocycles. The normalized spacial score (nSPS) is 26.5. The first-order valence-corrected chi connectivity index (χ1v) is 10.7. The Bertz CT molecular complexity index is 949. The zero-order valence-corrected chi connectivity index (χ0v) is 17.2. The van der Waals surface area contributed by atoms with Crippen LogP contribution in [0.25, 0.3) is 0 Å². The number of rotatable bonds is 3. The quantitative estimate of drug-likeness (QED) is 0.818. The van der Waals surface area contributed by atoms with Gasteiger partial charge in [0.05, 0.1) is 5.02 Å². The first-order valence-electron chi connectivity index (χ1n) is 10.3. The smallest absolute Gasteiger partial charge is 0.258 e. The number of benzene rings is 2. The van der Waals surface area contributed by atoms with Gasteiger partial charge in [-0.15, -0.1) is 0 Å². The Morgan fingerprint density at radius 3 is 2.59 bits per heavy atom. The Labute approximate surface area is 175 Å². The lowest BCUT2D eigenvalue weighted by molar-refractivity contribution is 0.0662. The molecule has 2 saturated heterocycles. The highest BCUT2D eigenvalue weighted by Gasteiger charge is 2.39. The molecule has 3 aliphatic rings. The van der Waals surface area contributed by atoms with Crippen LogP contribution in [-0.2, 0) is 6.42 Å². The molecule has 0 radical (unpaired) electrons. The van der Waals surface area contributed by atoms with Crippen molar-refractivity contribution in [1.82, 2.24) is 4.90 Å². The summed E-state index contributed by atoms with van der Waals surface area (Å²) in [7, 11) is 2.22. The van der Waals surface area contributed by atoms with Crippen LogP contribution >= 0.6 is 11.6 Å². The van der Waals surface area contributed by atoms with Crippen molar-refractivity contribution in [2.75, 3.05) is 18.5 Å². The van der Waals surface area contributed by atoms with Gasteiger partial charge in [-0.25, -0.2) is 0 Å². The average Bonchev–Trinajstić information content (AvgIpc) is 2.90. The van der Waals surface area contributed by atoms with Gasteiger partial charge in [0.2, 0.25) is 0 Å². The number of halogens is 1. The molecule has 2 aromatic carbocycles. The molecular formula is C23H25ClN2O3. The van der Waals surface area contributed by atoms with Gasteiger partial charge in [0.1, 0.15) is 17.6 Å². The van der Waals surface area contributed by atoms with Gasteiger partial charge in [-0.3, -0.25) is 4.79 Å². The van der Waals surface area contributed by atoms with E-state index in [1.807, 2.05) is 18.2 Å². The number of hydrogen-bond donors (Lipinski definition) is 1. The van der Waals surface area contributed by atoms with Crippen LogP contribution in [0.5, 0.6) is 11.5 Å². The van der Waals surface area contributed by atoms with E-state index in [0.717, 1.165) is 24.1 Å². The third-order valence-electron chi connectivity index (χ3n) is 6.74. The van der Waals surface area contributed by atoms with Crippen molar-refractivity contribution in [3.8, 4) is 11.5 Å². The van der Waals surface area contributed by atoms with Crippen LogP contribution in [0.2, 0.25) is 5.02 Å². The van der Waals surface area contributed by atoms with Crippen LogP contribution in [0.1, 0.15) is 41.6 Å². The summed E-state index contributed by atoms with van der Waals surface area (Å²) in [5.74, 6) is 0.818. The number of anilines is 1. The highest BCUT2D eigenvalue weighted by Crippen LogP contribution is 2.38. The molecule has 3 atom stereocenters. The molecule has 1 unspecified atom stereocenters. The summed E-state index contributed by atoms with van der Waals surface area (Å²) in [6.07, 6.45) is 5.49. The number of phenols is 1. The summed E-state index contributed by atoms with van der Waals surface area (Å²) in [4.78, 5) is 17.1. The Kier molecular flexibility index (Phi) is 4.67. The molecule has 3 heterocycles. The third kappa shape index (κ3) is 3.36. The third-order valence-corrected chi connectivity index (χ3v) is 7.04. The highest BCUT2D eigenvalue weighted by molar-refractivity contribution is 6.32. The first-order chi connectivity index (χ1) is 14.0. The Balaban J connectivity index is 1.32. The molecule has 3 aliphatic heterocycles. The fraction of sp³-hybridized carbons (Fsp3) is 0.435. The summed E-state index contributed by atoms with van der Waals surface area (Å²) in [5, 5.41) is 10.2. The molecule has 0 spiro atoms. The SMILES string of the molecule is CN1[C@@H]2CC[C@H]1CC(Oc1ccc(N3CCc4cc(O)ccc4C3=O)cc1Cl)C2. The van der Waals surface area contributed by atoms with E-state index in [2.05, 4.69) is 11.9 Å². The van der Waals surface area contributed by atoms with Gasteiger partial charge in [-0.2, -0.15) is 0 Å². The van der Waals surface area contributed by atoms with E-state index >= 15 is 0 Å². The maximum absolute atomic E-state index is 12.9. The molecule has 5 rings (SSSR count). The largest absolute Gasteiger partial charge is 0.508 e. The molecule has 2 aromatic rings. The Hall–Kier alpha value is -2.24. The van der Waals surface area contributed by atoms with Gasteiger partial charge in [0.15, 0.2) is 0 Å². The van der Waals surface area contributed by atoms with E-state index < -0.39 is 0 Å². The lowest BCUT2D eigenvalue weighted by atomic mass is 9.98. The molecule has 152 valence electrons. The fourth-order valence-corrected chi connectivity index (χ4v) is 5.33. The number of carbonyl (C=O) groups excluding carboxylic acids is 1. The first kappa shape index (κ1) is 18.8. The second-order valence-electron chi connectivity index (χ2n) is 8.42. The summed E-state index contributed by atoms with van der Waals surface area (Å²) < 4.78 is 6.26.